The highest BCUT2D eigenvalue weighted by molar-refractivity contribution is 5.94. The molecule has 0 unspecified atom stereocenters. The maximum atomic E-state index is 13.3. The smallest absolute Gasteiger partial charge is 0.254 e. The Morgan fingerprint density at radius 2 is 1.97 bits per heavy atom. The predicted octanol–water partition coefficient (Wildman–Crippen LogP) is 1.03. The number of hydrogen-bond donors (Lipinski definition) is 0. The Morgan fingerprint density at radius 1 is 1.14 bits per heavy atom. The Labute approximate surface area is 172 Å². The molecule has 156 valence electrons. The lowest BCUT2D eigenvalue weighted by molar-refractivity contribution is -0.0723. The molecule has 0 saturated carbocycles. The lowest BCUT2D eigenvalue weighted by atomic mass is 9.99. The number of pyridine rings is 1. The molecule has 0 N–H and O–H groups in total. The minimum absolute atomic E-state index is 0.0187. The fourth-order valence-electron chi connectivity index (χ4n) is 4.30. The average Bonchev–Trinajstić information content (AvgIpc) is 3.06. The first-order valence-electron chi connectivity index (χ1n) is 10.3. The van der Waals surface area contributed by atoms with Crippen LogP contribution < -0.4 is 0 Å². The second kappa shape index (κ2) is 9.02. The van der Waals surface area contributed by atoms with Gasteiger partial charge in [-0.3, -0.25) is 19.4 Å². The standard InChI is InChI=1S/C21H30N6O2/c1-24-8-3-9-26(11-10-24)16-19-20(18-14-23-25(2)15-18)27(12-13-29-19)21(28)17-4-6-22-7-5-17/h4-7,14-15,19-20H,3,8-13,16H2,1-2H3/t19-,20-/m0/s1. The normalized spacial score (nSPS) is 24.4. The first kappa shape index (κ1) is 20.0. The highest BCUT2D eigenvalue weighted by Gasteiger charge is 2.38. The summed E-state index contributed by atoms with van der Waals surface area (Å²) in [4.78, 5) is 24.2. The van der Waals surface area contributed by atoms with E-state index < -0.39 is 0 Å². The summed E-state index contributed by atoms with van der Waals surface area (Å²) in [6.07, 6.45) is 8.25. The van der Waals surface area contributed by atoms with Crippen molar-refractivity contribution in [1.82, 2.24) is 29.5 Å². The second-order valence-corrected chi connectivity index (χ2v) is 7.99. The zero-order chi connectivity index (χ0) is 20.2. The van der Waals surface area contributed by atoms with Crippen molar-refractivity contribution in [3.8, 4) is 0 Å². The molecule has 0 aromatic carbocycles. The van der Waals surface area contributed by atoms with Gasteiger partial charge in [0.15, 0.2) is 0 Å². The number of carbonyl (C=O) groups is 1. The predicted molar refractivity (Wildman–Crippen MR) is 110 cm³/mol. The van der Waals surface area contributed by atoms with Gasteiger partial charge >= 0.3 is 0 Å². The third-order valence-electron chi connectivity index (χ3n) is 5.86. The summed E-state index contributed by atoms with van der Waals surface area (Å²) >= 11 is 0. The largest absolute Gasteiger partial charge is 0.373 e. The quantitative estimate of drug-likeness (QED) is 0.767. The summed E-state index contributed by atoms with van der Waals surface area (Å²) in [6, 6.07) is 3.40. The minimum atomic E-state index is -0.154. The van der Waals surface area contributed by atoms with Crippen LogP contribution in [0.15, 0.2) is 36.9 Å². The van der Waals surface area contributed by atoms with Gasteiger partial charge in [0, 0.05) is 62.9 Å². The van der Waals surface area contributed by atoms with E-state index in [1.807, 2.05) is 24.3 Å². The summed E-state index contributed by atoms with van der Waals surface area (Å²) in [6.45, 7) is 6.20. The van der Waals surface area contributed by atoms with Gasteiger partial charge in [-0.05, 0) is 38.7 Å². The van der Waals surface area contributed by atoms with Crippen molar-refractivity contribution < 1.29 is 9.53 Å². The van der Waals surface area contributed by atoms with Crippen LogP contribution in [0.4, 0.5) is 0 Å². The number of rotatable bonds is 4. The zero-order valence-corrected chi connectivity index (χ0v) is 17.3. The molecule has 1 amide bonds. The van der Waals surface area contributed by atoms with Gasteiger partial charge in [-0.1, -0.05) is 0 Å². The van der Waals surface area contributed by atoms with Gasteiger partial charge in [0.1, 0.15) is 0 Å². The Kier molecular flexibility index (Phi) is 6.22. The highest BCUT2D eigenvalue weighted by Crippen LogP contribution is 2.31. The summed E-state index contributed by atoms with van der Waals surface area (Å²) in [5.74, 6) is 0.0187. The maximum absolute atomic E-state index is 13.3. The van der Waals surface area contributed by atoms with Crippen LogP contribution in [-0.4, -0.2) is 94.4 Å². The molecule has 2 aromatic heterocycles. The molecule has 8 heteroatoms. The molecule has 2 aliphatic heterocycles. The van der Waals surface area contributed by atoms with Crippen molar-refractivity contribution in [2.75, 3.05) is 52.9 Å². The molecule has 29 heavy (non-hydrogen) atoms. The van der Waals surface area contributed by atoms with E-state index in [1.54, 1.807) is 29.2 Å². The highest BCUT2D eigenvalue weighted by atomic mass is 16.5. The van der Waals surface area contributed by atoms with Crippen LogP contribution in [-0.2, 0) is 11.8 Å². The summed E-state index contributed by atoms with van der Waals surface area (Å²) in [5.41, 5.74) is 1.68. The van der Waals surface area contributed by atoms with Crippen LogP contribution in [0.3, 0.4) is 0 Å². The van der Waals surface area contributed by atoms with Crippen LogP contribution in [0.25, 0.3) is 0 Å². The molecule has 0 radical (unpaired) electrons. The van der Waals surface area contributed by atoms with E-state index in [9.17, 15) is 4.79 Å². The monoisotopic (exact) mass is 398 g/mol. The van der Waals surface area contributed by atoms with Gasteiger partial charge in [0.25, 0.3) is 5.91 Å². The van der Waals surface area contributed by atoms with E-state index in [1.165, 1.54) is 0 Å². The summed E-state index contributed by atoms with van der Waals surface area (Å²) < 4.78 is 8.03. The molecule has 2 fully saturated rings. The number of likely N-dealkylation sites (N-methyl/N-ethyl adjacent to an activating group) is 1. The van der Waals surface area contributed by atoms with Gasteiger partial charge < -0.3 is 14.5 Å². The Balaban J connectivity index is 1.58. The SMILES string of the molecule is CN1CCCN(C[C@@H]2OCCN(C(=O)c3ccncc3)[C@H]2c2cnn(C)c2)CC1. The molecule has 4 rings (SSSR count). The maximum Gasteiger partial charge on any atom is 0.254 e. The number of morpholine rings is 1. The fourth-order valence-corrected chi connectivity index (χ4v) is 4.30. The molecule has 2 aliphatic rings. The molecule has 4 heterocycles. The van der Waals surface area contributed by atoms with Crippen LogP contribution in [0.1, 0.15) is 28.4 Å². The van der Waals surface area contributed by atoms with Crippen molar-refractivity contribution in [2.45, 2.75) is 18.6 Å². The Bertz CT molecular complexity index is 811. The van der Waals surface area contributed by atoms with E-state index in [2.05, 4.69) is 26.9 Å². The number of aromatic nitrogens is 3. The number of carbonyl (C=O) groups excluding carboxylic acids is 1. The topological polar surface area (TPSA) is 66.7 Å². The van der Waals surface area contributed by atoms with Crippen LogP contribution in [0.5, 0.6) is 0 Å². The van der Waals surface area contributed by atoms with Gasteiger partial charge in [0.05, 0.1) is 24.9 Å². The first-order chi connectivity index (χ1) is 14.1. The van der Waals surface area contributed by atoms with Crippen molar-refractivity contribution in [1.29, 1.82) is 0 Å². The lowest BCUT2D eigenvalue weighted by Crippen LogP contribution is -2.52. The van der Waals surface area contributed by atoms with E-state index in [4.69, 9.17) is 4.74 Å². The van der Waals surface area contributed by atoms with Crippen LogP contribution >= 0.6 is 0 Å². The van der Waals surface area contributed by atoms with Crippen molar-refractivity contribution in [3.63, 3.8) is 0 Å². The third-order valence-corrected chi connectivity index (χ3v) is 5.86. The van der Waals surface area contributed by atoms with Crippen molar-refractivity contribution in [3.05, 3.63) is 48.0 Å². The molecule has 2 atom stereocenters. The number of nitrogens with zero attached hydrogens (tertiary/aromatic N) is 6. The van der Waals surface area contributed by atoms with Crippen molar-refractivity contribution in [2.24, 2.45) is 7.05 Å². The molecule has 0 spiro atoms. The minimum Gasteiger partial charge on any atom is -0.373 e. The number of amides is 1. The van der Waals surface area contributed by atoms with Gasteiger partial charge in [-0.15, -0.1) is 0 Å². The fraction of sp³-hybridized carbons (Fsp3) is 0.571. The molecule has 2 saturated heterocycles. The molecular weight excluding hydrogens is 368 g/mol. The first-order valence-corrected chi connectivity index (χ1v) is 10.3. The van der Waals surface area contributed by atoms with Gasteiger partial charge in [-0.25, -0.2) is 0 Å². The Hall–Kier alpha value is -2.29. The number of hydrogen-bond acceptors (Lipinski definition) is 6. The number of ether oxygens (including phenoxy) is 1. The zero-order valence-electron chi connectivity index (χ0n) is 17.3. The molecule has 0 bridgehead atoms. The second-order valence-electron chi connectivity index (χ2n) is 7.99. The lowest BCUT2D eigenvalue weighted by Gasteiger charge is -2.42. The molecule has 0 aliphatic carbocycles. The van der Waals surface area contributed by atoms with E-state index in [0.717, 1.165) is 44.7 Å². The van der Waals surface area contributed by atoms with E-state index >= 15 is 0 Å². The Morgan fingerprint density at radius 3 is 2.72 bits per heavy atom. The van der Waals surface area contributed by atoms with E-state index in [-0.39, 0.29) is 18.1 Å². The van der Waals surface area contributed by atoms with Crippen LogP contribution in [0, 0.1) is 0 Å². The van der Waals surface area contributed by atoms with Crippen LogP contribution in [0.2, 0.25) is 0 Å². The third kappa shape index (κ3) is 4.66. The van der Waals surface area contributed by atoms with Gasteiger partial charge in [0.2, 0.25) is 0 Å². The van der Waals surface area contributed by atoms with Crippen molar-refractivity contribution >= 4 is 5.91 Å². The average molecular weight is 399 g/mol. The number of aryl methyl sites for hydroxylation is 1. The summed E-state index contributed by atoms with van der Waals surface area (Å²) in [7, 11) is 4.08. The molecule has 8 nitrogen and oxygen atoms in total. The van der Waals surface area contributed by atoms with Gasteiger partial charge in [-0.2, -0.15) is 5.10 Å². The molecular formula is C21H30N6O2. The van der Waals surface area contributed by atoms with E-state index in [0.29, 0.717) is 18.7 Å². The summed E-state index contributed by atoms with van der Waals surface area (Å²) in [5, 5.41) is 4.36. The molecule has 2 aromatic rings.